The molecular formula is C19H22N2O4. The van der Waals surface area contributed by atoms with Gasteiger partial charge < -0.3 is 20.1 Å². The van der Waals surface area contributed by atoms with Crippen LogP contribution in [0.4, 0.5) is 0 Å². The summed E-state index contributed by atoms with van der Waals surface area (Å²) in [5, 5.41) is 5.20. The Kier molecular flexibility index (Phi) is 6.83. The average Bonchev–Trinajstić information content (AvgIpc) is 2.66. The number of hydrogen-bond acceptors (Lipinski definition) is 4. The molecule has 2 rings (SSSR count). The maximum Gasteiger partial charge on any atom is 0.309 e. The van der Waals surface area contributed by atoms with Gasteiger partial charge in [-0.1, -0.05) is 30.3 Å². The first kappa shape index (κ1) is 18.3. The highest BCUT2D eigenvalue weighted by Gasteiger charge is 2.12. The van der Waals surface area contributed by atoms with Gasteiger partial charge in [0.25, 0.3) is 0 Å². The molecule has 2 N–H and O–H groups in total. The molecule has 0 aliphatic heterocycles. The Bertz CT molecular complexity index is 714. The zero-order valence-electron chi connectivity index (χ0n) is 14.4. The smallest absolute Gasteiger partial charge is 0.309 e. The molecule has 2 amide bonds. The lowest BCUT2D eigenvalue weighted by Gasteiger charge is -2.09. The summed E-state index contributed by atoms with van der Waals surface area (Å²) in [4.78, 5) is 23.7. The second-order valence-electron chi connectivity index (χ2n) is 5.35. The molecular weight excluding hydrogens is 320 g/mol. The molecule has 0 heterocycles. The quantitative estimate of drug-likeness (QED) is 0.751. The SMILES string of the molecule is COc1ccc(CNC(=O)C(=O)NCCc2ccccc2OC)cc1. The molecule has 0 unspecified atom stereocenters. The van der Waals surface area contributed by atoms with Crippen molar-refractivity contribution >= 4 is 11.8 Å². The fraction of sp³-hybridized carbons (Fsp3) is 0.263. The number of methoxy groups -OCH3 is 2. The van der Waals surface area contributed by atoms with Crippen molar-refractivity contribution in [3.05, 3.63) is 59.7 Å². The molecule has 6 heteroatoms. The van der Waals surface area contributed by atoms with Crippen LogP contribution in [0.2, 0.25) is 0 Å². The standard InChI is InChI=1S/C19H22N2O4/c1-24-16-9-7-14(8-10-16)13-21-19(23)18(22)20-12-11-15-5-3-4-6-17(15)25-2/h3-10H,11-13H2,1-2H3,(H,20,22)(H,21,23). The van der Waals surface area contributed by atoms with E-state index in [1.807, 2.05) is 36.4 Å². The highest BCUT2D eigenvalue weighted by molar-refractivity contribution is 6.35. The van der Waals surface area contributed by atoms with E-state index in [4.69, 9.17) is 9.47 Å². The molecule has 25 heavy (non-hydrogen) atoms. The van der Waals surface area contributed by atoms with Crippen molar-refractivity contribution in [2.24, 2.45) is 0 Å². The maximum atomic E-state index is 11.8. The number of benzene rings is 2. The Morgan fingerprint density at radius 3 is 2.24 bits per heavy atom. The summed E-state index contributed by atoms with van der Waals surface area (Å²) in [6, 6.07) is 14.8. The Hall–Kier alpha value is -3.02. The van der Waals surface area contributed by atoms with Gasteiger partial charge in [-0.05, 0) is 35.7 Å². The van der Waals surface area contributed by atoms with E-state index in [0.717, 1.165) is 22.6 Å². The van der Waals surface area contributed by atoms with E-state index >= 15 is 0 Å². The van der Waals surface area contributed by atoms with Crippen LogP contribution in [0.5, 0.6) is 11.5 Å². The molecule has 0 saturated heterocycles. The predicted octanol–water partition coefficient (Wildman–Crippen LogP) is 1.68. The molecule has 0 spiro atoms. The van der Waals surface area contributed by atoms with Gasteiger partial charge in [0.15, 0.2) is 0 Å². The summed E-state index contributed by atoms with van der Waals surface area (Å²) in [5.74, 6) is 0.198. The van der Waals surface area contributed by atoms with E-state index in [2.05, 4.69) is 10.6 Å². The largest absolute Gasteiger partial charge is 0.497 e. The fourth-order valence-corrected chi connectivity index (χ4v) is 2.31. The van der Waals surface area contributed by atoms with E-state index in [-0.39, 0.29) is 6.54 Å². The van der Waals surface area contributed by atoms with Crippen LogP contribution in [-0.4, -0.2) is 32.6 Å². The van der Waals surface area contributed by atoms with Gasteiger partial charge in [0.1, 0.15) is 11.5 Å². The number of nitrogens with one attached hydrogen (secondary N) is 2. The number of carbonyl (C=O) groups is 2. The van der Waals surface area contributed by atoms with E-state index in [1.165, 1.54) is 0 Å². The van der Waals surface area contributed by atoms with Gasteiger partial charge in [0, 0.05) is 13.1 Å². The first-order valence-electron chi connectivity index (χ1n) is 7.95. The van der Waals surface area contributed by atoms with E-state index in [1.54, 1.807) is 26.4 Å². The molecule has 0 aromatic heterocycles. The van der Waals surface area contributed by atoms with Gasteiger partial charge in [-0.15, -0.1) is 0 Å². The predicted molar refractivity (Wildman–Crippen MR) is 94.5 cm³/mol. The van der Waals surface area contributed by atoms with Crippen molar-refractivity contribution in [3.63, 3.8) is 0 Å². The van der Waals surface area contributed by atoms with Crippen molar-refractivity contribution in [3.8, 4) is 11.5 Å². The zero-order chi connectivity index (χ0) is 18.1. The number of ether oxygens (including phenoxy) is 2. The molecule has 2 aromatic carbocycles. The number of para-hydroxylation sites is 1. The molecule has 0 saturated carbocycles. The number of rotatable bonds is 7. The fourth-order valence-electron chi connectivity index (χ4n) is 2.31. The van der Waals surface area contributed by atoms with Crippen molar-refractivity contribution < 1.29 is 19.1 Å². The van der Waals surface area contributed by atoms with E-state index in [0.29, 0.717) is 13.0 Å². The minimum atomic E-state index is -0.657. The second kappa shape index (κ2) is 9.32. The minimum Gasteiger partial charge on any atom is -0.497 e. The molecule has 132 valence electrons. The molecule has 0 radical (unpaired) electrons. The van der Waals surface area contributed by atoms with Gasteiger partial charge in [-0.2, -0.15) is 0 Å². The van der Waals surface area contributed by atoms with Crippen LogP contribution < -0.4 is 20.1 Å². The summed E-state index contributed by atoms with van der Waals surface area (Å²) in [6.45, 7) is 0.637. The third kappa shape index (κ3) is 5.53. The third-order valence-corrected chi connectivity index (χ3v) is 3.69. The Balaban J connectivity index is 1.75. The lowest BCUT2D eigenvalue weighted by molar-refractivity contribution is -0.139. The molecule has 0 aliphatic rings. The summed E-state index contributed by atoms with van der Waals surface area (Å²) >= 11 is 0. The number of amides is 2. The highest BCUT2D eigenvalue weighted by Crippen LogP contribution is 2.17. The lowest BCUT2D eigenvalue weighted by Crippen LogP contribution is -2.40. The van der Waals surface area contributed by atoms with Crippen LogP contribution >= 0.6 is 0 Å². The normalized spacial score (nSPS) is 10.0. The summed E-state index contributed by atoms with van der Waals surface area (Å²) in [5.41, 5.74) is 1.86. The van der Waals surface area contributed by atoms with Gasteiger partial charge in [0.2, 0.25) is 0 Å². The van der Waals surface area contributed by atoms with Gasteiger partial charge >= 0.3 is 11.8 Å². The van der Waals surface area contributed by atoms with Crippen LogP contribution in [0, 0.1) is 0 Å². The summed E-state index contributed by atoms with van der Waals surface area (Å²) in [6.07, 6.45) is 0.585. The van der Waals surface area contributed by atoms with Gasteiger partial charge in [-0.3, -0.25) is 9.59 Å². The van der Waals surface area contributed by atoms with Crippen molar-refractivity contribution in [1.29, 1.82) is 0 Å². The van der Waals surface area contributed by atoms with Crippen LogP contribution in [0.1, 0.15) is 11.1 Å². The monoisotopic (exact) mass is 342 g/mol. The molecule has 0 bridgehead atoms. The van der Waals surface area contributed by atoms with Gasteiger partial charge in [-0.25, -0.2) is 0 Å². The topological polar surface area (TPSA) is 76.7 Å². The number of hydrogen-bond donors (Lipinski definition) is 2. The lowest BCUT2D eigenvalue weighted by atomic mass is 10.1. The highest BCUT2D eigenvalue weighted by atomic mass is 16.5. The van der Waals surface area contributed by atoms with Crippen LogP contribution in [-0.2, 0) is 22.6 Å². The van der Waals surface area contributed by atoms with Crippen LogP contribution in [0.15, 0.2) is 48.5 Å². The Morgan fingerprint density at radius 1 is 0.880 bits per heavy atom. The second-order valence-corrected chi connectivity index (χ2v) is 5.35. The van der Waals surface area contributed by atoms with Crippen molar-refractivity contribution in [2.45, 2.75) is 13.0 Å². The average molecular weight is 342 g/mol. The van der Waals surface area contributed by atoms with Crippen LogP contribution in [0.3, 0.4) is 0 Å². The first-order chi connectivity index (χ1) is 12.1. The van der Waals surface area contributed by atoms with Crippen molar-refractivity contribution in [1.82, 2.24) is 10.6 Å². The first-order valence-corrected chi connectivity index (χ1v) is 7.95. The maximum absolute atomic E-state index is 11.8. The molecule has 0 aliphatic carbocycles. The Labute approximate surface area is 147 Å². The molecule has 2 aromatic rings. The third-order valence-electron chi connectivity index (χ3n) is 3.69. The van der Waals surface area contributed by atoms with Crippen molar-refractivity contribution in [2.75, 3.05) is 20.8 Å². The van der Waals surface area contributed by atoms with Crippen LogP contribution in [0.25, 0.3) is 0 Å². The summed E-state index contributed by atoms with van der Waals surface area (Å²) < 4.78 is 10.3. The van der Waals surface area contributed by atoms with E-state index < -0.39 is 11.8 Å². The van der Waals surface area contributed by atoms with E-state index in [9.17, 15) is 9.59 Å². The summed E-state index contributed by atoms with van der Waals surface area (Å²) in [7, 11) is 3.19. The molecule has 0 fully saturated rings. The minimum absolute atomic E-state index is 0.281. The molecule has 0 atom stereocenters. The van der Waals surface area contributed by atoms with Gasteiger partial charge in [0.05, 0.1) is 14.2 Å². The number of carbonyl (C=O) groups excluding carboxylic acids is 2. The molecule has 6 nitrogen and oxygen atoms in total. The Morgan fingerprint density at radius 2 is 1.56 bits per heavy atom. The zero-order valence-corrected chi connectivity index (χ0v) is 14.4.